The van der Waals surface area contributed by atoms with E-state index in [1.54, 1.807) is 0 Å². The molecular weight excluding hydrogens is 234 g/mol. The Kier molecular flexibility index (Phi) is 3.65. The summed E-state index contributed by atoms with van der Waals surface area (Å²) in [6, 6.07) is 11.0. The van der Waals surface area contributed by atoms with E-state index >= 15 is 0 Å². The Morgan fingerprint density at radius 3 is 3.11 bits per heavy atom. The van der Waals surface area contributed by atoms with Gasteiger partial charge in [-0.25, -0.2) is 0 Å². The molecular formula is C16H21N3. The van der Waals surface area contributed by atoms with E-state index in [2.05, 4.69) is 52.4 Å². The maximum absolute atomic E-state index is 4.02. The third kappa shape index (κ3) is 3.04. The lowest BCUT2D eigenvalue weighted by atomic mass is 9.90. The molecule has 1 N–H and O–H groups in total. The monoisotopic (exact) mass is 255 g/mol. The maximum Gasteiger partial charge on any atom is 0.0492 e. The third-order valence-corrected chi connectivity index (χ3v) is 3.97. The summed E-state index contributed by atoms with van der Waals surface area (Å²) in [7, 11) is 0. The summed E-state index contributed by atoms with van der Waals surface area (Å²) in [4.78, 5) is 2.53. The first kappa shape index (κ1) is 12.4. The molecule has 1 unspecified atom stereocenters. The predicted octanol–water partition coefficient (Wildman–Crippen LogP) is 3.10. The number of hydrogen-bond acceptors (Lipinski definition) is 2. The molecule has 1 aliphatic rings. The maximum atomic E-state index is 4.02. The number of H-pyrrole nitrogens is 1. The molecule has 1 fully saturated rings. The van der Waals surface area contributed by atoms with Crippen molar-refractivity contribution in [2.24, 2.45) is 0 Å². The van der Waals surface area contributed by atoms with Crippen molar-refractivity contribution in [3.63, 3.8) is 0 Å². The van der Waals surface area contributed by atoms with Crippen molar-refractivity contribution in [3.05, 3.63) is 53.3 Å². The van der Waals surface area contributed by atoms with Gasteiger partial charge in [0.15, 0.2) is 0 Å². The SMILES string of the molecule is Cc1cccc(C2CCCN(Cc3ccn[nH]3)C2)c1. The molecule has 1 atom stereocenters. The van der Waals surface area contributed by atoms with Gasteiger partial charge in [0, 0.05) is 25.0 Å². The molecule has 3 heteroatoms. The average molecular weight is 255 g/mol. The van der Waals surface area contributed by atoms with Crippen LogP contribution in [-0.4, -0.2) is 28.2 Å². The quantitative estimate of drug-likeness (QED) is 0.914. The van der Waals surface area contributed by atoms with Crippen LogP contribution in [0.25, 0.3) is 0 Å². The van der Waals surface area contributed by atoms with Crippen LogP contribution in [0.1, 0.15) is 35.6 Å². The largest absolute Gasteiger partial charge is 0.297 e. The van der Waals surface area contributed by atoms with Crippen LogP contribution in [0.5, 0.6) is 0 Å². The Labute approximate surface area is 114 Å². The number of likely N-dealkylation sites (tertiary alicyclic amines) is 1. The molecule has 0 spiro atoms. The molecule has 3 nitrogen and oxygen atoms in total. The second-order valence-electron chi connectivity index (χ2n) is 5.57. The van der Waals surface area contributed by atoms with Gasteiger partial charge in [-0.2, -0.15) is 5.10 Å². The number of aromatic nitrogens is 2. The van der Waals surface area contributed by atoms with Gasteiger partial charge in [-0.05, 0) is 43.9 Å². The van der Waals surface area contributed by atoms with Crippen LogP contribution in [0.2, 0.25) is 0 Å². The summed E-state index contributed by atoms with van der Waals surface area (Å²) in [6.07, 6.45) is 4.42. The van der Waals surface area contributed by atoms with Gasteiger partial charge in [0.05, 0.1) is 0 Å². The van der Waals surface area contributed by atoms with Crippen LogP contribution in [0.4, 0.5) is 0 Å². The van der Waals surface area contributed by atoms with Crippen LogP contribution in [0, 0.1) is 6.92 Å². The van der Waals surface area contributed by atoms with Crippen molar-refractivity contribution in [1.29, 1.82) is 0 Å². The Hall–Kier alpha value is -1.61. The van der Waals surface area contributed by atoms with Crippen LogP contribution in [0.15, 0.2) is 36.5 Å². The molecule has 0 amide bonds. The fraction of sp³-hybridized carbons (Fsp3) is 0.438. The van der Waals surface area contributed by atoms with E-state index in [0.717, 1.165) is 13.1 Å². The minimum absolute atomic E-state index is 0.677. The highest BCUT2D eigenvalue weighted by Crippen LogP contribution is 2.27. The highest BCUT2D eigenvalue weighted by Gasteiger charge is 2.21. The molecule has 2 heterocycles. The van der Waals surface area contributed by atoms with Gasteiger partial charge >= 0.3 is 0 Å². The summed E-state index contributed by atoms with van der Waals surface area (Å²) in [5.41, 5.74) is 4.07. The minimum atomic E-state index is 0.677. The number of nitrogens with zero attached hydrogens (tertiary/aromatic N) is 2. The Morgan fingerprint density at radius 1 is 1.37 bits per heavy atom. The first-order valence-electron chi connectivity index (χ1n) is 7.08. The topological polar surface area (TPSA) is 31.9 Å². The first-order valence-corrected chi connectivity index (χ1v) is 7.08. The lowest BCUT2D eigenvalue weighted by molar-refractivity contribution is 0.198. The molecule has 19 heavy (non-hydrogen) atoms. The summed E-state index contributed by atoms with van der Waals surface area (Å²) < 4.78 is 0. The molecule has 3 rings (SSSR count). The van der Waals surface area contributed by atoms with E-state index in [0.29, 0.717) is 5.92 Å². The van der Waals surface area contributed by atoms with Gasteiger partial charge in [0.25, 0.3) is 0 Å². The normalized spacial score (nSPS) is 20.6. The summed E-state index contributed by atoms with van der Waals surface area (Å²) in [5, 5.41) is 7.08. The number of benzene rings is 1. The molecule has 0 saturated carbocycles. The van der Waals surface area contributed by atoms with Crippen molar-refractivity contribution in [1.82, 2.24) is 15.1 Å². The van der Waals surface area contributed by atoms with Crippen LogP contribution >= 0.6 is 0 Å². The smallest absolute Gasteiger partial charge is 0.0492 e. The Balaban J connectivity index is 1.67. The van der Waals surface area contributed by atoms with Gasteiger partial charge in [-0.3, -0.25) is 10.00 Å². The number of nitrogens with one attached hydrogen (secondary N) is 1. The van der Waals surface area contributed by atoms with E-state index < -0.39 is 0 Å². The van der Waals surface area contributed by atoms with Gasteiger partial charge < -0.3 is 0 Å². The zero-order valence-electron chi connectivity index (χ0n) is 11.5. The fourth-order valence-electron chi connectivity index (χ4n) is 3.01. The molecule has 0 radical (unpaired) electrons. The van der Waals surface area contributed by atoms with E-state index in [1.165, 1.54) is 36.2 Å². The van der Waals surface area contributed by atoms with Crippen molar-refractivity contribution in [2.45, 2.75) is 32.2 Å². The first-order chi connectivity index (χ1) is 9.31. The minimum Gasteiger partial charge on any atom is -0.297 e. The van der Waals surface area contributed by atoms with E-state index in [9.17, 15) is 0 Å². The van der Waals surface area contributed by atoms with Crippen molar-refractivity contribution >= 4 is 0 Å². The van der Waals surface area contributed by atoms with Crippen molar-refractivity contribution in [2.75, 3.05) is 13.1 Å². The fourth-order valence-corrected chi connectivity index (χ4v) is 3.01. The zero-order valence-corrected chi connectivity index (χ0v) is 11.5. The number of hydrogen-bond donors (Lipinski definition) is 1. The standard InChI is InChI=1S/C16H21N3/c1-13-4-2-5-14(10-13)15-6-3-9-19(11-15)12-16-7-8-17-18-16/h2,4-5,7-8,10,15H,3,6,9,11-12H2,1H3,(H,17,18). The molecule has 100 valence electrons. The molecule has 0 bridgehead atoms. The third-order valence-electron chi connectivity index (χ3n) is 3.97. The van der Waals surface area contributed by atoms with Gasteiger partial charge in [-0.1, -0.05) is 29.8 Å². The Morgan fingerprint density at radius 2 is 2.32 bits per heavy atom. The second kappa shape index (κ2) is 5.57. The number of aromatic amines is 1. The van der Waals surface area contributed by atoms with Crippen molar-refractivity contribution in [3.8, 4) is 0 Å². The van der Waals surface area contributed by atoms with Crippen LogP contribution in [-0.2, 0) is 6.54 Å². The summed E-state index contributed by atoms with van der Waals surface area (Å²) in [5.74, 6) is 0.677. The van der Waals surface area contributed by atoms with Gasteiger partial charge in [0.2, 0.25) is 0 Å². The summed E-state index contributed by atoms with van der Waals surface area (Å²) >= 11 is 0. The zero-order chi connectivity index (χ0) is 13.1. The highest BCUT2D eigenvalue weighted by molar-refractivity contribution is 5.26. The lowest BCUT2D eigenvalue weighted by Crippen LogP contribution is -2.34. The van der Waals surface area contributed by atoms with Crippen molar-refractivity contribution < 1.29 is 0 Å². The summed E-state index contributed by atoms with van der Waals surface area (Å²) in [6.45, 7) is 5.51. The Bertz CT molecular complexity index is 519. The molecule has 0 aliphatic carbocycles. The van der Waals surface area contributed by atoms with E-state index in [4.69, 9.17) is 0 Å². The second-order valence-corrected chi connectivity index (χ2v) is 5.57. The lowest BCUT2D eigenvalue weighted by Gasteiger charge is -2.32. The van der Waals surface area contributed by atoms with E-state index in [-0.39, 0.29) is 0 Å². The molecule has 1 aliphatic heterocycles. The molecule has 1 aromatic heterocycles. The average Bonchev–Trinajstić information content (AvgIpc) is 2.92. The van der Waals surface area contributed by atoms with E-state index in [1.807, 2.05) is 6.20 Å². The number of piperidine rings is 1. The van der Waals surface area contributed by atoms with Gasteiger partial charge in [0.1, 0.15) is 0 Å². The molecule has 1 saturated heterocycles. The van der Waals surface area contributed by atoms with Crippen LogP contribution < -0.4 is 0 Å². The number of aryl methyl sites for hydroxylation is 1. The number of rotatable bonds is 3. The predicted molar refractivity (Wildman–Crippen MR) is 77.0 cm³/mol. The van der Waals surface area contributed by atoms with Gasteiger partial charge in [-0.15, -0.1) is 0 Å². The molecule has 2 aromatic rings. The van der Waals surface area contributed by atoms with Crippen LogP contribution in [0.3, 0.4) is 0 Å². The molecule has 1 aromatic carbocycles. The highest BCUT2D eigenvalue weighted by atomic mass is 15.2.